The molecule has 0 saturated heterocycles. The number of fused-ring (bicyclic) bond motifs is 2. The highest BCUT2D eigenvalue weighted by Crippen LogP contribution is 2.96. The van der Waals surface area contributed by atoms with E-state index in [-0.39, 0.29) is 0 Å². The first-order chi connectivity index (χ1) is 48.1. The predicted octanol–water partition coefficient (Wildman–Crippen LogP) is 32.1. The molecule has 12 aliphatic rings. The molecule has 0 spiro atoms. The highest BCUT2D eigenvalue weighted by atomic mass is 14.9. The van der Waals surface area contributed by atoms with E-state index in [1.165, 1.54) is 405 Å². The summed E-state index contributed by atoms with van der Waals surface area (Å²) in [5.74, 6) is 7.10. The van der Waals surface area contributed by atoms with Crippen molar-refractivity contribution in [2.75, 3.05) is 0 Å². The Kier molecular flexibility index (Phi) is 29.4. The zero-order chi connectivity index (χ0) is 66.6. The van der Waals surface area contributed by atoms with Crippen LogP contribution in [0.25, 0.3) is 0 Å². The van der Waals surface area contributed by atoms with Crippen molar-refractivity contribution in [3.05, 3.63) is 67.9 Å². The maximum Gasteiger partial charge on any atom is 0.0263 e. The minimum absolute atomic E-state index is 0.418. The van der Waals surface area contributed by atoms with Crippen LogP contribution in [0.2, 0.25) is 0 Å². The van der Waals surface area contributed by atoms with Crippen LogP contribution in [-0.4, -0.2) is 0 Å². The normalized spacial score (nSPS) is 36.5. The van der Waals surface area contributed by atoms with Gasteiger partial charge in [0.05, 0.1) is 0 Å². The van der Waals surface area contributed by atoms with Crippen LogP contribution in [0.3, 0.4) is 0 Å². The highest BCUT2D eigenvalue weighted by Gasteiger charge is 2.90. The zero-order valence-electron chi connectivity index (χ0n) is 65.6. The van der Waals surface area contributed by atoms with Gasteiger partial charge in [-0.2, -0.15) is 0 Å². The molecule has 12 fully saturated rings. The molecular formula is C97H160. The molecule has 0 N–H and O–H groups in total. The van der Waals surface area contributed by atoms with Crippen LogP contribution in [0, 0.1) is 69.0 Å². The number of hydrogen-bond acceptors (Lipinski definition) is 0. The number of hydrogen-bond donors (Lipinski definition) is 0. The van der Waals surface area contributed by atoms with Gasteiger partial charge in [-0.3, -0.25) is 0 Å². The topological polar surface area (TPSA) is 0 Å². The maximum atomic E-state index is 3.15. The molecule has 0 radical (unpaired) electrons. The van der Waals surface area contributed by atoms with E-state index < -0.39 is 0 Å². The van der Waals surface area contributed by atoms with Crippen molar-refractivity contribution in [1.82, 2.24) is 0 Å². The Morgan fingerprint density at radius 3 is 0.938 bits per heavy atom. The Hall–Kier alpha value is -1.56. The number of allylic oxidation sites excluding steroid dienone is 12. The van der Waals surface area contributed by atoms with Crippen LogP contribution in [0.15, 0.2) is 67.9 Å². The maximum absolute atomic E-state index is 3.15. The summed E-state index contributed by atoms with van der Waals surface area (Å²) in [6, 6.07) is 0. The molecule has 548 valence electrons. The molecule has 12 atom stereocenters. The summed E-state index contributed by atoms with van der Waals surface area (Å²) >= 11 is 0. The third-order valence-corrected chi connectivity index (χ3v) is 31.1. The molecule has 0 aromatic rings. The summed E-state index contributed by atoms with van der Waals surface area (Å²) in [7, 11) is 0. The predicted molar refractivity (Wildman–Crippen MR) is 423 cm³/mol. The molecule has 0 bridgehead atoms. The smallest absolute Gasteiger partial charge is 0.0263 e. The largest absolute Gasteiger partial charge is 0.0841 e. The van der Waals surface area contributed by atoms with Gasteiger partial charge in [-0.05, 0) is 223 Å². The minimum Gasteiger partial charge on any atom is -0.0841 e. The Balaban J connectivity index is 0.874. The first kappa shape index (κ1) is 75.1. The number of unbranched alkanes of at least 4 members (excludes halogenated alkanes) is 22. The average Bonchev–Trinajstić information content (AvgIpc) is 1.43. The number of rotatable bonds is 32. The van der Waals surface area contributed by atoms with E-state index in [0.717, 1.165) is 47.3 Å². The van der Waals surface area contributed by atoms with Gasteiger partial charge in [0.2, 0.25) is 0 Å². The van der Waals surface area contributed by atoms with Crippen LogP contribution in [0.1, 0.15) is 471 Å². The van der Waals surface area contributed by atoms with Crippen molar-refractivity contribution < 1.29 is 0 Å². The van der Waals surface area contributed by atoms with Crippen molar-refractivity contribution in [1.29, 1.82) is 0 Å². The van der Waals surface area contributed by atoms with Gasteiger partial charge in [-0.25, -0.2) is 0 Å². The van der Waals surface area contributed by atoms with Gasteiger partial charge < -0.3 is 0 Å². The Bertz CT molecular complexity index is 2400. The molecule has 97 heavy (non-hydrogen) atoms. The van der Waals surface area contributed by atoms with Gasteiger partial charge >= 0.3 is 0 Å². The van der Waals surface area contributed by atoms with Crippen molar-refractivity contribution in [3.8, 4) is 0 Å². The fraction of sp³-hybridized carbons (Fsp3) is 0.876. The molecule has 12 rings (SSSR count). The summed E-state index contributed by atoms with van der Waals surface area (Å²) in [5.41, 5.74) is 22.8. The van der Waals surface area contributed by atoms with E-state index in [4.69, 9.17) is 0 Å². The third-order valence-electron chi connectivity index (χ3n) is 31.1. The summed E-state index contributed by atoms with van der Waals surface area (Å²) < 4.78 is 0. The fourth-order valence-electron chi connectivity index (χ4n) is 26.7. The van der Waals surface area contributed by atoms with Gasteiger partial charge in [0.15, 0.2) is 0 Å². The SMILES string of the molecule is CCCCCCC/C=C1/C(CCCCCC2CCCCCCC34/C(=C5\C(=C6CCCCCC6)C5CCCCCCCC)C3(/C2=C/CCCCCCC)C2CCCCCCCC24)CCCCCCC23/C(=C4\C(=C5CCCCCC5)C4CCCCCCCC)C12C1CCCCCCCC13. The first-order valence-corrected chi connectivity index (χ1v) is 46.5. The molecule has 0 amide bonds. The molecule has 12 unspecified atom stereocenters. The van der Waals surface area contributed by atoms with Crippen molar-refractivity contribution >= 4 is 0 Å². The minimum atomic E-state index is 0.418. The molecular weight excluding hydrogens is 1170 g/mol. The second-order valence-corrected chi connectivity index (χ2v) is 37.0. The lowest BCUT2D eigenvalue weighted by molar-refractivity contribution is -0.0259. The summed E-state index contributed by atoms with van der Waals surface area (Å²) in [6.45, 7) is 9.68. The summed E-state index contributed by atoms with van der Waals surface area (Å²) in [6.07, 6.45) is 108. The molecule has 0 heteroatoms. The summed E-state index contributed by atoms with van der Waals surface area (Å²) in [4.78, 5) is 0. The van der Waals surface area contributed by atoms with Crippen molar-refractivity contribution in [3.63, 3.8) is 0 Å². The average molecular weight is 1330 g/mol. The molecule has 0 aromatic heterocycles. The van der Waals surface area contributed by atoms with Crippen LogP contribution in [0.4, 0.5) is 0 Å². The lowest BCUT2D eigenvalue weighted by Crippen LogP contribution is -2.49. The van der Waals surface area contributed by atoms with E-state index in [1.807, 2.05) is 22.3 Å². The van der Waals surface area contributed by atoms with Gasteiger partial charge in [-0.1, -0.05) is 351 Å². The molecule has 0 aliphatic heterocycles. The fourth-order valence-corrected chi connectivity index (χ4v) is 26.7. The Morgan fingerprint density at radius 2 is 0.557 bits per heavy atom. The van der Waals surface area contributed by atoms with E-state index in [9.17, 15) is 0 Å². The third kappa shape index (κ3) is 16.3. The van der Waals surface area contributed by atoms with E-state index >= 15 is 0 Å². The first-order valence-electron chi connectivity index (χ1n) is 46.5. The van der Waals surface area contributed by atoms with Gasteiger partial charge in [0.1, 0.15) is 0 Å². The second kappa shape index (κ2) is 37.9. The van der Waals surface area contributed by atoms with E-state index in [2.05, 4.69) is 73.3 Å². The van der Waals surface area contributed by atoms with E-state index in [0.29, 0.717) is 21.7 Å². The lowest BCUT2D eigenvalue weighted by atomic mass is 9.49. The van der Waals surface area contributed by atoms with Crippen LogP contribution >= 0.6 is 0 Å². The highest BCUT2D eigenvalue weighted by molar-refractivity contribution is 5.76. The van der Waals surface area contributed by atoms with Crippen LogP contribution < -0.4 is 0 Å². The standard InChI is InChI=1S/C97H160/c1-5-9-13-17-23-48-66-80-88(78-62-42-31-32-43-63-78)90(80)92-94-74-56-37-35-40-58-76(82(68-50-25-19-15-11-7-3)96(92,94)86-72-54-29-21-27-52-70-84(86)94)60-46-39-47-61-77-59-41-36-38-57-75-95-85-71-53-28-22-30-55-73-87(85)97(95,83(77)69-51-26-20-16-12-8-4)93(95)91-81(67-49-24-18-14-10-6-2)89(91)79-64-44-33-34-45-65-79/h68-69,76-77,80-81,84-87H,5-67,70-75H2,1-4H3/b82-68-,83-69+,92-90+,93-91+. The van der Waals surface area contributed by atoms with Crippen molar-refractivity contribution in [2.24, 2.45) is 69.0 Å². The van der Waals surface area contributed by atoms with Crippen LogP contribution in [-0.2, 0) is 0 Å². The molecule has 0 aromatic carbocycles. The van der Waals surface area contributed by atoms with E-state index in [1.54, 1.807) is 38.5 Å². The van der Waals surface area contributed by atoms with Gasteiger partial charge in [0.25, 0.3) is 0 Å². The van der Waals surface area contributed by atoms with Gasteiger partial charge in [-0.15, -0.1) is 0 Å². The molecule has 12 saturated carbocycles. The quantitative estimate of drug-likeness (QED) is 0.0358. The monoisotopic (exact) mass is 1330 g/mol. The van der Waals surface area contributed by atoms with Crippen LogP contribution in [0.5, 0.6) is 0 Å². The second-order valence-electron chi connectivity index (χ2n) is 37.0. The molecule has 0 nitrogen and oxygen atoms in total. The Labute approximate surface area is 604 Å². The van der Waals surface area contributed by atoms with Gasteiger partial charge in [0, 0.05) is 33.5 Å². The summed E-state index contributed by atoms with van der Waals surface area (Å²) in [5, 5.41) is 0. The molecule has 12 aliphatic carbocycles. The van der Waals surface area contributed by atoms with Crippen molar-refractivity contribution in [2.45, 2.75) is 471 Å². The zero-order valence-corrected chi connectivity index (χ0v) is 65.6. The lowest BCUT2D eigenvalue weighted by Gasteiger charge is -2.54. The Morgan fingerprint density at radius 1 is 0.268 bits per heavy atom. The molecule has 0 heterocycles.